The SMILES string of the molecule is Cc1ccc2c(c1)N(C(=O)OC(C)(C)C)C(=O)[C@]21[C@H](C=C(C#N)C#N)[C@@H](c2ccccc2)[C@H](c2ccccc2)N1O. The lowest BCUT2D eigenvalue weighted by molar-refractivity contribution is -0.189. The molecule has 1 fully saturated rings. The molecule has 2 aliphatic rings. The quantitative estimate of drug-likeness (QED) is 0.384. The summed E-state index contributed by atoms with van der Waals surface area (Å²) in [5.41, 5.74) is 0.0618. The molecule has 206 valence electrons. The molecule has 5 rings (SSSR count). The number of carbonyl (C=O) groups excluding carboxylic acids is 2. The van der Waals surface area contributed by atoms with Crippen LogP contribution in [0.4, 0.5) is 10.5 Å². The molecule has 1 spiro atoms. The summed E-state index contributed by atoms with van der Waals surface area (Å²) in [4.78, 5) is 29.4. The third-order valence-electron chi connectivity index (χ3n) is 7.66. The Labute approximate surface area is 239 Å². The van der Waals surface area contributed by atoms with Crippen molar-refractivity contribution in [2.24, 2.45) is 5.92 Å². The number of aryl methyl sites for hydroxylation is 1. The second-order valence-electron chi connectivity index (χ2n) is 11.4. The summed E-state index contributed by atoms with van der Waals surface area (Å²) in [6.07, 6.45) is 0.590. The van der Waals surface area contributed by atoms with E-state index in [-0.39, 0.29) is 11.3 Å². The number of benzene rings is 3. The van der Waals surface area contributed by atoms with Gasteiger partial charge >= 0.3 is 6.09 Å². The Kier molecular flexibility index (Phi) is 7.00. The number of fused-ring (bicyclic) bond motifs is 2. The van der Waals surface area contributed by atoms with E-state index in [1.54, 1.807) is 32.9 Å². The summed E-state index contributed by atoms with van der Waals surface area (Å²) in [5.74, 6) is -2.22. The highest BCUT2D eigenvalue weighted by Crippen LogP contribution is 2.63. The summed E-state index contributed by atoms with van der Waals surface area (Å²) in [6.45, 7) is 6.97. The molecule has 1 N–H and O–H groups in total. The van der Waals surface area contributed by atoms with Crippen LogP contribution in [0.5, 0.6) is 0 Å². The highest BCUT2D eigenvalue weighted by atomic mass is 16.6. The van der Waals surface area contributed by atoms with Gasteiger partial charge in [-0.1, -0.05) is 72.8 Å². The Morgan fingerprint density at radius 2 is 1.56 bits per heavy atom. The molecular formula is C33H30N4O4. The van der Waals surface area contributed by atoms with E-state index >= 15 is 0 Å². The molecule has 0 bridgehead atoms. The van der Waals surface area contributed by atoms with Gasteiger partial charge in [-0.15, -0.1) is 0 Å². The summed E-state index contributed by atoms with van der Waals surface area (Å²) in [5, 5.41) is 32.9. The first-order valence-corrected chi connectivity index (χ1v) is 13.3. The van der Waals surface area contributed by atoms with Gasteiger partial charge in [-0.3, -0.25) is 4.79 Å². The number of hydroxylamine groups is 2. The molecule has 0 aliphatic carbocycles. The number of rotatable bonds is 3. The lowest BCUT2D eigenvalue weighted by Crippen LogP contribution is -2.53. The summed E-state index contributed by atoms with van der Waals surface area (Å²) >= 11 is 0. The van der Waals surface area contributed by atoms with Gasteiger partial charge in [0.05, 0.1) is 11.7 Å². The van der Waals surface area contributed by atoms with Crippen LogP contribution in [0, 0.1) is 35.5 Å². The maximum Gasteiger partial charge on any atom is 0.421 e. The molecular weight excluding hydrogens is 516 g/mol. The highest BCUT2D eigenvalue weighted by Gasteiger charge is 2.69. The molecule has 2 amide bonds. The average Bonchev–Trinajstić information content (AvgIpc) is 3.35. The van der Waals surface area contributed by atoms with E-state index in [1.165, 1.54) is 6.08 Å². The van der Waals surface area contributed by atoms with Crippen LogP contribution >= 0.6 is 0 Å². The number of amides is 2. The Hall–Kier alpha value is -4.76. The third kappa shape index (κ3) is 4.48. The van der Waals surface area contributed by atoms with Crippen molar-refractivity contribution in [3.63, 3.8) is 0 Å². The van der Waals surface area contributed by atoms with Gasteiger partial charge in [-0.2, -0.15) is 15.6 Å². The minimum atomic E-state index is -1.85. The number of ether oxygens (including phenoxy) is 1. The number of hydrogen-bond acceptors (Lipinski definition) is 7. The smallest absolute Gasteiger partial charge is 0.421 e. The summed E-state index contributed by atoms with van der Waals surface area (Å²) in [7, 11) is 0. The van der Waals surface area contributed by atoms with Gasteiger partial charge in [0.1, 0.15) is 23.3 Å². The van der Waals surface area contributed by atoms with E-state index in [2.05, 4.69) is 0 Å². The topological polar surface area (TPSA) is 118 Å². The Bertz CT molecular complexity index is 1600. The first-order valence-electron chi connectivity index (χ1n) is 13.3. The van der Waals surface area contributed by atoms with Crippen molar-refractivity contribution >= 4 is 17.7 Å². The molecule has 4 atom stereocenters. The fraction of sp³-hybridized carbons (Fsp3) is 0.273. The molecule has 3 aromatic rings. The predicted octanol–water partition coefficient (Wildman–Crippen LogP) is 6.29. The van der Waals surface area contributed by atoms with Gasteiger partial charge in [0.15, 0.2) is 5.54 Å². The van der Waals surface area contributed by atoms with Crippen LogP contribution in [0.15, 0.2) is 90.5 Å². The van der Waals surface area contributed by atoms with E-state index in [0.717, 1.165) is 26.7 Å². The number of nitriles is 2. The number of anilines is 1. The lowest BCUT2D eigenvalue weighted by Gasteiger charge is -2.35. The molecule has 0 unspecified atom stereocenters. The van der Waals surface area contributed by atoms with E-state index in [1.807, 2.05) is 85.8 Å². The largest absolute Gasteiger partial charge is 0.443 e. The molecule has 0 aromatic heterocycles. The van der Waals surface area contributed by atoms with E-state index in [0.29, 0.717) is 5.56 Å². The molecule has 1 saturated heterocycles. The zero-order valence-corrected chi connectivity index (χ0v) is 23.3. The third-order valence-corrected chi connectivity index (χ3v) is 7.66. The number of hydrogen-bond donors (Lipinski definition) is 1. The molecule has 8 heteroatoms. The average molecular weight is 547 g/mol. The first-order chi connectivity index (χ1) is 19.5. The minimum absolute atomic E-state index is 0.199. The molecule has 2 aliphatic heterocycles. The minimum Gasteiger partial charge on any atom is -0.443 e. The van der Waals surface area contributed by atoms with Gasteiger partial charge in [0.2, 0.25) is 0 Å². The standard InChI is InChI=1S/C33H30N4O4/c1-21-15-16-25-27(17-21)36(31(39)41-32(2,3)4)30(38)33(25)26(18-22(19-34)20-35)28(23-11-7-5-8-12-23)29(37(33)40)24-13-9-6-10-14-24/h5-18,26,28-29,40H,1-4H3/t26-,28-,29+,33-/m1/s1. The van der Waals surface area contributed by atoms with Gasteiger partial charge < -0.3 is 9.94 Å². The zero-order valence-electron chi connectivity index (χ0n) is 23.3. The maximum absolute atomic E-state index is 14.8. The van der Waals surface area contributed by atoms with E-state index < -0.39 is 41.0 Å². The number of nitrogens with zero attached hydrogens (tertiary/aromatic N) is 4. The fourth-order valence-corrected chi connectivity index (χ4v) is 6.12. The van der Waals surface area contributed by atoms with Crippen molar-refractivity contribution in [3.8, 4) is 12.1 Å². The van der Waals surface area contributed by atoms with Crippen LogP contribution in [-0.4, -0.2) is 27.9 Å². The Morgan fingerprint density at radius 3 is 2.12 bits per heavy atom. The van der Waals surface area contributed by atoms with Crippen molar-refractivity contribution in [2.45, 2.75) is 50.8 Å². The maximum atomic E-state index is 14.8. The van der Waals surface area contributed by atoms with Crippen molar-refractivity contribution in [3.05, 3.63) is 113 Å². The van der Waals surface area contributed by atoms with Crippen LogP contribution in [-0.2, 0) is 15.1 Å². The van der Waals surface area contributed by atoms with Crippen molar-refractivity contribution in [1.82, 2.24) is 5.06 Å². The second-order valence-corrected chi connectivity index (χ2v) is 11.4. The Morgan fingerprint density at radius 1 is 0.976 bits per heavy atom. The molecule has 3 aromatic carbocycles. The van der Waals surface area contributed by atoms with Gasteiger partial charge in [-0.25, -0.2) is 9.69 Å². The van der Waals surface area contributed by atoms with Crippen molar-refractivity contribution in [1.29, 1.82) is 10.5 Å². The summed E-state index contributed by atoms with van der Waals surface area (Å²) < 4.78 is 5.65. The lowest BCUT2D eigenvalue weighted by atomic mass is 9.71. The highest BCUT2D eigenvalue weighted by molar-refractivity contribution is 6.21. The molecule has 41 heavy (non-hydrogen) atoms. The zero-order chi connectivity index (χ0) is 29.5. The van der Waals surface area contributed by atoms with Crippen LogP contribution < -0.4 is 4.90 Å². The van der Waals surface area contributed by atoms with Crippen LogP contribution in [0.25, 0.3) is 0 Å². The number of allylic oxidation sites excluding steroid dienone is 1. The van der Waals surface area contributed by atoms with E-state index in [4.69, 9.17) is 4.74 Å². The van der Waals surface area contributed by atoms with Crippen molar-refractivity contribution < 1.29 is 19.5 Å². The predicted molar refractivity (Wildman–Crippen MR) is 151 cm³/mol. The normalized spacial score (nSPS) is 23.5. The first kappa shape index (κ1) is 27.8. The van der Waals surface area contributed by atoms with Gasteiger partial charge in [-0.05, 0) is 56.5 Å². The van der Waals surface area contributed by atoms with Gasteiger partial charge in [0, 0.05) is 17.4 Å². The second kappa shape index (κ2) is 10.3. The van der Waals surface area contributed by atoms with Crippen LogP contribution in [0.3, 0.4) is 0 Å². The van der Waals surface area contributed by atoms with Crippen LogP contribution in [0.2, 0.25) is 0 Å². The Balaban J connectivity index is 1.85. The van der Waals surface area contributed by atoms with Crippen molar-refractivity contribution in [2.75, 3.05) is 4.90 Å². The van der Waals surface area contributed by atoms with E-state index in [9.17, 15) is 25.3 Å². The summed E-state index contributed by atoms with van der Waals surface area (Å²) in [6, 6.07) is 27.0. The number of carbonyl (C=O) groups is 2. The fourth-order valence-electron chi connectivity index (χ4n) is 6.12. The van der Waals surface area contributed by atoms with Crippen LogP contribution in [0.1, 0.15) is 55.0 Å². The molecule has 2 heterocycles. The van der Waals surface area contributed by atoms with Gasteiger partial charge in [0.25, 0.3) is 5.91 Å². The number of imide groups is 1. The molecule has 0 saturated carbocycles. The monoisotopic (exact) mass is 546 g/mol. The molecule has 8 nitrogen and oxygen atoms in total. The molecule has 0 radical (unpaired) electrons.